The summed E-state index contributed by atoms with van der Waals surface area (Å²) in [5, 5.41) is 0. The van der Waals surface area contributed by atoms with Crippen LogP contribution in [0.25, 0.3) is 0 Å². The molecule has 0 aliphatic heterocycles. The van der Waals surface area contributed by atoms with Crippen LogP contribution in [0, 0.1) is 0 Å². The number of amides is 1. The fourth-order valence-electron chi connectivity index (χ4n) is 1.07. The van der Waals surface area contributed by atoms with Gasteiger partial charge >= 0.3 is 0 Å². The van der Waals surface area contributed by atoms with Gasteiger partial charge in [0.1, 0.15) is 0 Å². The van der Waals surface area contributed by atoms with Crippen LogP contribution >= 0.6 is 22.9 Å². The summed E-state index contributed by atoms with van der Waals surface area (Å²) in [6.45, 7) is 5.21. The number of hydrogen-bond acceptors (Lipinski definition) is 1. The maximum absolute atomic E-state index is 11.4. The van der Waals surface area contributed by atoms with E-state index in [4.69, 9.17) is 0 Å². The van der Waals surface area contributed by atoms with Gasteiger partial charge in [-0.15, -0.1) is 0 Å². The van der Waals surface area contributed by atoms with E-state index in [1.54, 1.807) is 0 Å². The SMILES string of the molecule is CCCCCC(=O)N(I)CCCC. The van der Waals surface area contributed by atoms with Crippen LogP contribution in [0.3, 0.4) is 0 Å². The predicted octanol–water partition coefficient (Wildman–Crippen LogP) is 3.55. The van der Waals surface area contributed by atoms with Crippen molar-refractivity contribution in [2.75, 3.05) is 6.54 Å². The zero-order valence-corrected chi connectivity index (χ0v) is 10.8. The quantitative estimate of drug-likeness (QED) is 0.400. The molecule has 13 heavy (non-hydrogen) atoms. The van der Waals surface area contributed by atoms with E-state index in [-0.39, 0.29) is 0 Å². The Morgan fingerprint density at radius 1 is 1.15 bits per heavy atom. The van der Waals surface area contributed by atoms with Crippen molar-refractivity contribution in [1.29, 1.82) is 0 Å². The van der Waals surface area contributed by atoms with Gasteiger partial charge in [-0.1, -0.05) is 33.1 Å². The molecule has 0 aromatic heterocycles. The van der Waals surface area contributed by atoms with Crippen LogP contribution < -0.4 is 0 Å². The second-order valence-electron chi connectivity index (χ2n) is 3.29. The van der Waals surface area contributed by atoms with Gasteiger partial charge in [0.05, 0.1) is 22.9 Å². The van der Waals surface area contributed by atoms with Crippen LogP contribution in [0.1, 0.15) is 52.4 Å². The number of halogens is 1. The normalized spacial score (nSPS) is 10.1. The molecule has 0 fully saturated rings. The van der Waals surface area contributed by atoms with E-state index in [0.717, 1.165) is 32.2 Å². The van der Waals surface area contributed by atoms with E-state index in [1.807, 2.05) is 3.11 Å². The number of rotatable bonds is 7. The van der Waals surface area contributed by atoms with Crippen molar-refractivity contribution in [1.82, 2.24) is 3.11 Å². The van der Waals surface area contributed by atoms with Crippen LogP contribution in [-0.2, 0) is 4.79 Å². The zero-order valence-electron chi connectivity index (χ0n) is 8.68. The molecule has 0 rings (SSSR count). The van der Waals surface area contributed by atoms with Crippen LogP contribution in [-0.4, -0.2) is 15.6 Å². The molecule has 0 aromatic carbocycles. The summed E-state index contributed by atoms with van der Waals surface area (Å²) >= 11 is 2.13. The van der Waals surface area contributed by atoms with Gasteiger partial charge in [-0.2, -0.15) is 0 Å². The van der Waals surface area contributed by atoms with E-state index in [9.17, 15) is 4.79 Å². The third kappa shape index (κ3) is 7.28. The molecule has 0 unspecified atom stereocenters. The number of hydrogen-bond donors (Lipinski definition) is 0. The van der Waals surface area contributed by atoms with Crippen molar-refractivity contribution in [3.63, 3.8) is 0 Å². The number of nitrogens with zero attached hydrogens (tertiary/aromatic N) is 1. The molecule has 78 valence electrons. The van der Waals surface area contributed by atoms with E-state index in [1.165, 1.54) is 12.8 Å². The third-order valence-electron chi connectivity index (χ3n) is 1.97. The van der Waals surface area contributed by atoms with Crippen molar-refractivity contribution in [2.45, 2.75) is 52.4 Å². The highest BCUT2D eigenvalue weighted by atomic mass is 127. The Hall–Kier alpha value is 0.200. The van der Waals surface area contributed by atoms with Gasteiger partial charge in [0.25, 0.3) is 0 Å². The monoisotopic (exact) mass is 297 g/mol. The fraction of sp³-hybridized carbons (Fsp3) is 0.900. The van der Waals surface area contributed by atoms with Gasteiger partial charge in [0, 0.05) is 13.0 Å². The van der Waals surface area contributed by atoms with Gasteiger partial charge in [-0.3, -0.25) is 7.91 Å². The molecule has 0 radical (unpaired) electrons. The highest BCUT2D eigenvalue weighted by Crippen LogP contribution is 2.08. The Kier molecular flexibility index (Phi) is 8.92. The van der Waals surface area contributed by atoms with Crippen molar-refractivity contribution < 1.29 is 4.79 Å². The first-order valence-corrected chi connectivity index (χ1v) is 6.15. The molecule has 0 spiro atoms. The average molecular weight is 297 g/mol. The van der Waals surface area contributed by atoms with Crippen molar-refractivity contribution in [3.05, 3.63) is 0 Å². The smallest absolute Gasteiger partial charge is 0.231 e. The second-order valence-corrected chi connectivity index (χ2v) is 4.45. The summed E-state index contributed by atoms with van der Waals surface area (Å²) in [5.74, 6) is 0.294. The largest absolute Gasteiger partial charge is 0.285 e. The van der Waals surface area contributed by atoms with Gasteiger partial charge < -0.3 is 0 Å². The standard InChI is InChI=1S/C10H20INO/c1-3-5-7-8-10(13)12(11)9-6-4-2/h3-9H2,1-2H3. The lowest BCUT2D eigenvalue weighted by atomic mass is 10.2. The van der Waals surface area contributed by atoms with E-state index in [0.29, 0.717) is 5.91 Å². The second kappa shape index (κ2) is 8.78. The van der Waals surface area contributed by atoms with Gasteiger partial charge in [0.2, 0.25) is 5.91 Å². The molecule has 0 N–H and O–H groups in total. The first-order chi connectivity index (χ1) is 6.22. The summed E-state index contributed by atoms with van der Waals surface area (Å²) in [6.07, 6.45) is 6.39. The Morgan fingerprint density at radius 2 is 1.77 bits per heavy atom. The summed E-state index contributed by atoms with van der Waals surface area (Å²) in [7, 11) is 0. The molecular weight excluding hydrogens is 277 g/mol. The predicted molar refractivity (Wildman–Crippen MR) is 64.8 cm³/mol. The van der Waals surface area contributed by atoms with E-state index < -0.39 is 0 Å². The molecule has 0 aliphatic carbocycles. The highest BCUT2D eigenvalue weighted by molar-refractivity contribution is 14.1. The maximum atomic E-state index is 11.4. The minimum atomic E-state index is 0.294. The number of carbonyl (C=O) groups excluding carboxylic acids is 1. The first kappa shape index (κ1) is 13.2. The summed E-state index contributed by atoms with van der Waals surface area (Å²) in [4.78, 5) is 11.4. The summed E-state index contributed by atoms with van der Waals surface area (Å²) < 4.78 is 1.83. The maximum Gasteiger partial charge on any atom is 0.231 e. The molecule has 0 heterocycles. The molecular formula is C10H20INO. The van der Waals surface area contributed by atoms with Crippen molar-refractivity contribution in [2.24, 2.45) is 0 Å². The van der Waals surface area contributed by atoms with Crippen molar-refractivity contribution >= 4 is 28.8 Å². The molecule has 0 bridgehead atoms. The van der Waals surface area contributed by atoms with Gasteiger partial charge in [-0.25, -0.2) is 0 Å². The van der Waals surface area contributed by atoms with Crippen LogP contribution in [0.15, 0.2) is 0 Å². The Labute approximate surface area is 95.6 Å². The average Bonchev–Trinajstić information content (AvgIpc) is 2.14. The van der Waals surface area contributed by atoms with Crippen LogP contribution in [0.2, 0.25) is 0 Å². The van der Waals surface area contributed by atoms with Crippen LogP contribution in [0.5, 0.6) is 0 Å². The molecule has 0 atom stereocenters. The lowest BCUT2D eigenvalue weighted by Crippen LogP contribution is -2.21. The highest BCUT2D eigenvalue weighted by Gasteiger charge is 2.08. The summed E-state index contributed by atoms with van der Waals surface area (Å²) in [5.41, 5.74) is 0. The molecule has 1 amide bonds. The van der Waals surface area contributed by atoms with E-state index in [2.05, 4.69) is 36.7 Å². The Bertz CT molecular complexity index is 139. The molecule has 0 saturated heterocycles. The molecule has 0 saturated carbocycles. The van der Waals surface area contributed by atoms with Gasteiger partial charge in [-0.05, 0) is 12.8 Å². The molecule has 3 heteroatoms. The van der Waals surface area contributed by atoms with Gasteiger partial charge in [0.15, 0.2) is 0 Å². The van der Waals surface area contributed by atoms with E-state index >= 15 is 0 Å². The Morgan fingerprint density at radius 3 is 2.31 bits per heavy atom. The molecule has 0 aliphatic rings. The topological polar surface area (TPSA) is 20.3 Å². The molecule has 0 aromatic rings. The first-order valence-electron chi connectivity index (χ1n) is 5.18. The zero-order chi connectivity index (χ0) is 10.1. The minimum absolute atomic E-state index is 0.294. The summed E-state index contributed by atoms with van der Waals surface area (Å²) in [6, 6.07) is 0. The lowest BCUT2D eigenvalue weighted by molar-refractivity contribution is -0.125. The lowest BCUT2D eigenvalue weighted by Gasteiger charge is -2.13. The Balaban J connectivity index is 3.45. The number of unbranched alkanes of at least 4 members (excludes halogenated alkanes) is 3. The third-order valence-corrected chi connectivity index (χ3v) is 2.99. The minimum Gasteiger partial charge on any atom is -0.285 e. The van der Waals surface area contributed by atoms with Crippen LogP contribution in [0.4, 0.5) is 0 Å². The van der Waals surface area contributed by atoms with Crippen molar-refractivity contribution in [3.8, 4) is 0 Å². The molecule has 2 nitrogen and oxygen atoms in total. The number of carbonyl (C=O) groups is 1. The fourth-order valence-corrected chi connectivity index (χ4v) is 1.65.